The van der Waals surface area contributed by atoms with Crippen molar-refractivity contribution >= 4 is 33.4 Å². The van der Waals surface area contributed by atoms with Crippen molar-refractivity contribution in [2.24, 2.45) is 7.05 Å². The zero-order chi connectivity index (χ0) is 19.1. The van der Waals surface area contributed by atoms with Gasteiger partial charge in [-0.3, -0.25) is 14.2 Å². The Kier molecular flexibility index (Phi) is 5.34. The Morgan fingerprint density at radius 1 is 1.46 bits per heavy atom. The molecule has 6 nitrogen and oxygen atoms in total. The first-order valence-electron chi connectivity index (χ1n) is 7.99. The van der Waals surface area contributed by atoms with Gasteiger partial charge in [0.25, 0.3) is 5.91 Å². The van der Waals surface area contributed by atoms with Crippen LogP contribution >= 0.6 is 27.5 Å². The molecule has 0 aromatic carbocycles. The lowest BCUT2D eigenvalue weighted by molar-refractivity contribution is -0.141. The van der Waals surface area contributed by atoms with Gasteiger partial charge in [0.05, 0.1) is 21.4 Å². The fraction of sp³-hybridized carbons (Fsp3) is 0.533. The molecule has 1 aliphatic rings. The van der Waals surface area contributed by atoms with Crippen molar-refractivity contribution in [3.63, 3.8) is 0 Å². The Bertz CT molecular complexity index is 809. The summed E-state index contributed by atoms with van der Waals surface area (Å²) in [4.78, 5) is 12.1. The van der Waals surface area contributed by atoms with Crippen molar-refractivity contribution in [3.05, 3.63) is 32.8 Å². The molecule has 11 heteroatoms. The number of hydrogen-bond donors (Lipinski definition) is 1. The van der Waals surface area contributed by atoms with Crippen LogP contribution in [0.4, 0.5) is 13.2 Å². The van der Waals surface area contributed by atoms with E-state index in [1.165, 1.54) is 15.6 Å². The largest absolute Gasteiger partial charge is 0.436 e. The minimum Gasteiger partial charge on any atom is -0.351 e. The first-order valence-corrected chi connectivity index (χ1v) is 9.16. The molecule has 2 heterocycles. The third kappa shape index (κ3) is 3.90. The monoisotopic (exact) mass is 453 g/mol. The van der Waals surface area contributed by atoms with Crippen LogP contribution in [0, 0.1) is 0 Å². The van der Waals surface area contributed by atoms with Crippen molar-refractivity contribution in [2.75, 3.05) is 6.54 Å². The lowest BCUT2D eigenvalue weighted by atomic mass is 10.2. The third-order valence-corrected chi connectivity index (χ3v) is 5.06. The number of carbonyl (C=O) groups is 1. The van der Waals surface area contributed by atoms with E-state index >= 15 is 0 Å². The van der Waals surface area contributed by atoms with Gasteiger partial charge in [-0.15, -0.1) is 0 Å². The van der Waals surface area contributed by atoms with Crippen molar-refractivity contribution in [3.8, 4) is 0 Å². The SMILES string of the molecule is Cn1ncc(Br)c1C(=O)NCCCn1nc(C(F)(F)F)c(Cl)c1C1CC1. The Balaban J connectivity index is 1.62. The maximum Gasteiger partial charge on any atom is 0.436 e. The van der Waals surface area contributed by atoms with Crippen LogP contribution in [0.15, 0.2) is 10.7 Å². The van der Waals surface area contributed by atoms with Gasteiger partial charge < -0.3 is 5.32 Å². The molecule has 0 saturated heterocycles. The summed E-state index contributed by atoms with van der Waals surface area (Å²) in [6, 6.07) is 0. The lowest BCUT2D eigenvalue weighted by Crippen LogP contribution is -2.27. The van der Waals surface area contributed by atoms with Crippen molar-refractivity contribution in [1.29, 1.82) is 0 Å². The van der Waals surface area contributed by atoms with E-state index in [9.17, 15) is 18.0 Å². The highest BCUT2D eigenvalue weighted by atomic mass is 79.9. The molecule has 0 unspecified atom stereocenters. The standard InChI is InChI=1S/C15H16BrClF3N5O/c1-24-12(9(16)7-22-24)14(26)21-5-2-6-25-11(8-3-4-8)10(17)13(23-25)15(18,19)20/h7-8H,2-6H2,1H3,(H,21,26). The van der Waals surface area contributed by atoms with Crippen molar-refractivity contribution < 1.29 is 18.0 Å². The minimum absolute atomic E-state index is 0.0334. The molecule has 1 aliphatic carbocycles. The topological polar surface area (TPSA) is 64.7 Å². The smallest absolute Gasteiger partial charge is 0.351 e. The van der Waals surface area contributed by atoms with Crippen LogP contribution in [0.1, 0.15) is 47.1 Å². The Hall–Kier alpha value is -1.55. The van der Waals surface area contributed by atoms with Gasteiger partial charge in [0.15, 0.2) is 5.69 Å². The highest BCUT2D eigenvalue weighted by Gasteiger charge is 2.41. The quantitative estimate of drug-likeness (QED) is 0.676. The lowest BCUT2D eigenvalue weighted by Gasteiger charge is -2.08. The van der Waals surface area contributed by atoms with E-state index in [1.54, 1.807) is 7.05 Å². The summed E-state index contributed by atoms with van der Waals surface area (Å²) in [6.45, 7) is 0.536. The maximum atomic E-state index is 13.0. The van der Waals surface area contributed by atoms with Gasteiger partial charge in [0.1, 0.15) is 5.69 Å². The summed E-state index contributed by atoms with van der Waals surface area (Å²) >= 11 is 9.17. The predicted molar refractivity (Wildman–Crippen MR) is 92.1 cm³/mol. The molecule has 26 heavy (non-hydrogen) atoms. The number of halogens is 5. The fourth-order valence-corrected chi connectivity index (χ4v) is 3.66. The second-order valence-corrected chi connectivity index (χ2v) is 7.35. The van der Waals surface area contributed by atoms with E-state index in [0.717, 1.165) is 12.8 Å². The maximum absolute atomic E-state index is 13.0. The fourth-order valence-electron chi connectivity index (χ4n) is 2.73. The first-order chi connectivity index (χ1) is 12.2. The normalized spacial score (nSPS) is 14.7. The highest BCUT2D eigenvalue weighted by molar-refractivity contribution is 9.10. The molecule has 0 bridgehead atoms. The number of alkyl halides is 3. The molecule has 142 valence electrons. The van der Waals surface area contributed by atoms with Gasteiger partial charge in [0.2, 0.25) is 0 Å². The summed E-state index contributed by atoms with van der Waals surface area (Å²) in [6.07, 6.45) is -1.01. The number of rotatable bonds is 6. The molecule has 1 fully saturated rings. The van der Waals surface area contributed by atoms with E-state index in [2.05, 4.69) is 31.4 Å². The van der Waals surface area contributed by atoms with E-state index in [4.69, 9.17) is 11.6 Å². The number of aromatic nitrogens is 4. The molecular weight excluding hydrogens is 439 g/mol. The van der Waals surface area contributed by atoms with Gasteiger partial charge >= 0.3 is 6.18 Å². The number of aryl methyl sites for hydroxylation is 2. The van der Waals surface area contributed by atoms with Crippen LogP contribution in [0.25, 0.3) is 0 Å². The molecule has 1 amide bonds. The number of amides is 1. The summed E-state index contributed by atoms with van der Waals surface area (Å²) in [5.74, 6) is -0.278. The zero-order valence-electron chi connectivity index (χ0n) is 13.8. The van der Waals surface area contributed by atoms with Gasteiger partial charge in [-0.05, 0) is 35.2 Å². The molecular formula is C15H16BrClF3N5O. The van der Waals surface area contributed by atoms with E-state index in [1.807, 2.05) is 0 Å². The minimum atomic E-state index is -4.58. The number of hydrogen-bond acceptors (Lipinski definition) is 3. The van der Waals surface area contributed by atoms with Crippen LogP contribution in [0.3, 0.4) is 0 Å². The van der Waals surface area contributed by atoms with Crippen LogP contribution < -0.4 is 5.32 Å². The average molecular weight is 455 g/mol. The van der Waals surface area contributed by atoms with Gasteiger partial charge in [-0.2, -0.15) is 23.4 Å². The van der Waals surface area contributed by atoms with E-state index in [-0.39, 0.29) is 23.4 Å². The number of carbonyl (C=O) groups excluding carboxylic acids is 1. The number of nitrogens with one attached hydrogen (secondary N) is 1. The van der Waals surface area contributed by atoms with Crippen LogP contribution in [0.2, 0.25) is 5.02 Å². The molecule has 2 aromatic rings. The molecule has 1 N–H and O–H groups in total. The molecule has 0 radical (unpaired) electrons. The Morgan fingerprint density at radius 3 is 2.69 bits per heavy atom. The second-order valence-electron chi connectivity index (χ2n) is 6.12. The zero-order valence-corrected chi connectivity index (χ0v) is 16.1. The Morgan fingerprint density at radius 2 is 2.15 bits per heavy atom. The molecule has 1 saturated carbocycles. The molecule has 0 atom stereocenters. The average Bonchev–Trinajstić information content (AvgIpc) is 3.24. The van der Waals surface area contributed by atoms with Gasteiger partial charge in [0, 0.05) is 26.1 Å². The predicted octanol–water partition coefficient (Wildman–Crippen LogP) is 3.75. The summed E-state index contributed by atoms with van der Waals surface area (Å²) in [5.41, 5.74) is -0.214. The first kappa shape index (κ1) is 19.2. The molecule has 0 aliphatic heterocycles. The van der Waals surface area contributed by atoms with Crippen molar-refractivity contribution in [2.45, 2.75) is 37.9 Å². The molecule has 0 spiro atoms. The number of nitrogens with zero attached hydrogens (tertiary/aromatic N) is 4. The highest BCUT2D eigenvalue weighted by Crippen LogP contribution is 2.46. The Labute approximate surface area is 160 Å². The van der Waals surface area contributed by atoms with E-state index < -0.39 is 11.9 Å². The van der Waals surface area contributed by atoms with Crippen LogP contribution in [-0.4, -0.2) is 32.0 Å². The summed E-state index contributed by atoms with van der Waals surface area (Å²) < 4.78 is 42.4. The third-order valence-electron chi connectivity index (χ3n) is 4.11. The van der Waals surface area contributed by atoms with Crippen LogP contribution in [-0.2, 0) is 19.8 Å². The van der Waals surface area contributed by atoms with Crippen LogP contribution in [0.5, 0.6) is 0 Å². The summed E-state index contributed by atoms with van der Waals surface area (Å²) in [5, 5.41) is 10.0. The van der Waals surface area contributed by atoms with E-state index in [0.29, 0.717) is 28.8 Å². The molecule has 3 rings (SSSR count). The second kappa shape index (κ2) is 7.22. The van der Waals surface area contributed by atoms with Gasteiger partial charge in [-0.25, -0.2) is 0 Å². The summed E-state index contributed by atoms with van der Waals surface area (Å²) in [7, 11) is 1.64. The van der Waals surface area contributed by atoms with Crippen molar-refractivity contribution in [1.82, 2.24) is 24.9 Å². The molecule has 2 aromatic heterocycles. The van der Waals surface area contributed by atoms with Gasteiger partial charge in [-0.1, -0.05) is 11.6 Å².